The molecule has 3 aliphatic rings. The normalized spacial score (nSPS) is 24.4. The number of H-pyrrole nitrogens is 1. The number of hydrogen-bond donors (Lipinski definition) is 3. The first kappa shape index (κ1) is 36.6. The average Bonchev–Trinajstić information content (AvgIpc) is 3.82. The van der Waals surface area contributed by atoms with Gasteiger partial charge in [0.15, 0.2) is 0 Å². The van der Waals surface area contributed by atoms with Crippen LogP contribution in [0.3, 0.4) is 0 Å². The molecule has 57 heavy (non-hydrogen) atoms. The fourth-order valence-corrected chi connectivity index (χ4v) is 9.69. The molecule has 2 aromatic carbocycles. The lowest BCUT2D eigenvalue weighted by atomic mass is 9.61. The van der Waals surface area contributed by atoms with E-state index < -0.39 is 10.8 Å². The Bertz CT molecular complexity index is 2720. The number of allylic oxidation sites excluding steroid dienone is 1. The second kappa shape index (κ2) is 13.6. The first-order valence-electron chi connectivity index (χ1n) is 20.0. The van der Waals surface area contributed by atoms with E-state index in [4.69, 9.17) is 14.8 Å². The lowest BCUT2D eigenvalue weighted by Crippen LogP contribution is -2.56. The van der Waals surface area contributed by atoms with Gasteiger partial charge in [0.05, 0.1) is 46.2 Å². The Balaban J connectivity index is 1.08. The molecule has 0 spiro atoms. The van der Waals surface area contributed by atoms with E-state index in [1.165, 1.54) is 0 Å². The number of fused-ring (bicyclic) bond motifs is 5. The monoisotopic (exact) mass is 764 g/mol. The van der Waals surface area contributed by atoms with Crippen LogP contribution in [0.25, 0.3) is 44.3 Å². The van der Waals surface area contributed by atoms with Crippen LogP contribution in [0.5, 0.6) is 5.88 Å². The summed E-state index contributed by atoms with van der Waals surface area (Å²) in [7, 11) is 0. The summed E-state index contributed by atoms with van der Waals surface area (Å²) in [5.74, 6) is 0.0948. The maximum absolute atomic E-state index is 14.2. The van der Waals surface area contributed by atoms with Crippen LogP contribution >= 0.6 is 0 Å². The van der Waals surface area contributed by atoms with Crippen LogP contribution in [-0.2, 0) is 33.5 Å². The van der Waals surface area contributed by atoms with Gasteiger partial charge < -0.3 is 20.4 Å². The zero-order valence-electron chi connectivity index (χ0n) is 33.3. The summed E-state index contributed by atoms with van der Waals surface area (Å²) >= 11 is 0. The van der Waals surface area contributed by atoms with E-state index >= 15 is 0 Å². The second-order valence-electron chi connectivity index (χ2n) is 16.5. The number of ether oxygens (including phenoxy) is 1. The van der Waals surface area contributed by atoms with E-state index in [0.717, 1.165) is 80.3 Å². The molecule has 0 saturated carbocycles. The highest BCUT2D eigenvalue weighted by Gasteiger charge is 2.51. The number of carbonyl (C=O) groups excluding carboxylic acids is 2. The number of aromatic amines is 1. The zero-order valence-corrected chi connectivity index (χ0v) is 33.3. The number of carbonyl (C=O) groups is 2. The molecule has 0 aliphatic carbocycles. The zero-order chi connectivity index (χ0) is 39.8. The van der Waals surface area contributed by atoms with Crippen LogP contribution in [0.2, 0.25) is 0 Å². The Morgan fingerprint density at radius 3 is 2.25 bits per heavy atom. The van der Waals surface area contributed by atoms with Crippen molar-refractivity contribution < 1.29 is 14.3 Å². The van der Waals surface area contributed by atoms with Crippen molar-refractivity contribution in [2.24, 2.45) is 11.8 Å². The third kappa shape index (κ3) is 5.78. The van der Waals surface area contributed by atoms with E-state index in [1.807, 2.05) is 60.7 Å². The molecule has 12 nitrogen and oxygen atoms in total. The van der Waals surface area contributed by atoms with Crippen LogP contribution in [-0.4, -0.2) is 54.4 Å². The SMILES string of the molecule is CCn1ncc2c(C)cc(-c3ccc4c(n3)O/C=C(\C)C(Cn3ncc5c(C)cc(-c6ccc([C@@]7(C)CCCNC7=O)c(=O)[nH]6)cc53)C3CCNC(=O)[C@@]43C)cc21. The van der Waals surface area contributed by atoms with E-state index in [9.17, 15) is 14.4 Å². The predicted molar refractivity (Wildman–Crippen MR) is 220 cm³/mol. The minimum Gasteiger partial charge on any atom is -0.446 e. The summed E-state index contributed by atoms with van der Waals surface area (Å²) in [5, 5.41) is 17.7. The Morgan fingerprint density at radius 2 is 1.51 bits per heavy atom. The Hall–Kier alpha value is -6.04. The summed E-state index contributed by atoms with van der Waals surface area (Å²) < 4.78 is 10.5. The molecule has 6 aromatic rings. The lowest BCUT2D eigenvalue weighted by molar-refractivity contribution is -0.131. The summed E-state index contributed by atoms with van der Waals surface area (Å²) in [6.07, 6.45) is 7.82. The number of nitrogens with zero attached hydrogens (tertiary/aromatic N) is 5. The molecule has 2 fully saturated rings. The van der Waals surface area contributed by atoms with Crippen LogP contribution < -0.4 is 20.9 Å². The molecule has 4 atom stereocenters. The average molecular weight is 765 g/mol. The molecular weight excluding hydrogens is 717 g/mol. The number of pyridine rings is 2. The fourth-order valence-electron chi connectivity index (χ4n) is 9.69. The fraction of sp³-hybridized carbons (Fsp3) is 0.378. The summed E-state index contributed by atoms with van der Waals surface area (Å²) in [4.78, 5) is 48.7. The van der Waals surface area contributed by atoms with Crippen molar-refractivity contribution >= 4 is 33.6 Å². The molecule has 2 unspecified atom stereocenters. The lowest BCUT2D eigenvalue weighted by Gasteiger charge is -2.46. The van der Waals surface area contributed by atoms with E-state index in [2.05, 4.69) is 65.8 Å². The van der Waals surface area contributed by atoms with Crippen molar-refractivity contribution in [2.75, 3.05) is 13.1 Å². The maximum atomic E-state index is 14.2. The van der Waals surface area contributed by atoms with Crippen molar-refractivity contribution in [1.82, 2.24) is 40.2 Å². The van der Waals surface area contributed by atoms with Gasteiger partial charge >= 0.3 is 0 Å². The van der Waals surface area contributed by atoms with Crippen LogP contribution in [0.4, 0.5) is 0 Å². The van der Waals surface area contributed by atoms with Gasteiger partial charge in [-0.25, -0.2) is 4.98 Å². The van der Waals surface area contributed by atoms with Gasteiger partial charge in [0.1, 0.15) is 0 Å². The number of aromatic nitrogens is 6. The molecule has 12 heteroatoms. The van der Waals surface area contributed by atoms with Crippen molar-refractivity contribution in [3.05, 3.63) is 105 Å². The van der Waals surface area contributed by atoms with E-state index in [1.54, 1.807) is 12.3 Å². The molecule has 0 bridgehead atoms. The molecule has 292 valence electrons. The first-order chi connectivity index (χ1) is 27.4. The van der Waals surface area contributed by atoms with Crippen molar-refractivity contribution in [3.8, 4) is 28.4 Å². The number of hydrogen-bond acceptors (Lipinski definition) is 7. The van der Waals surface area contributed by atoms with Gasteiger partial charge in [-0.1, -0.05) is 12.1 Å². The number of amides is 2. The number of piperidine rings is 2. The van der Waals surface area contributed by atoms with Crippen molar-refractivity contribution in [2.45, 2.75) is 84.7 Å². The number of benzene rings is 2. The molecule has 7 heterocycles. The van der Waals surface area contributed by atoms with Crippen molar-refractivity contribution in [1.29, 1.82) is 0 Å². The van der Waals surface area contributed by atoms with Gasteiger partial charge in [-0.2, -0.15) is 10.2 Å². The molecule has 4 aromatic heterocycles. The molecular formula is C45H48N8O4. The molecule has 9 rings (SSSR count). The topological polar surface area (TPSA) is 149 Å². The Kier molecular flexibility index (Phi) is 8.71. The first-order valence-corrected chi connectivity index (χ1v) is 20.0. The highest BCUT2D eigenvalue weighted by molar-refractivity contribution is 5.91. The molecule has 2 saturated heterocycles. The number of rotatable bonds is 6. The standard InChI is InChI=1S/C45H48N8O4/c1-7-52-38-19-29(18-25(2)30(38)21-48-52)37-12-10-35-41(51-37)57-24-27(4)32(33-13-16-47-43(56)45(33,35)6)23-53-39-20-28(17-26(3)31(39)22-49-53)36-11-9-34(40(54)50-36)44(5)14-8-15-46-42(44)55/h9-12,17-22,24,32-33H,7-8,13-16,23H2,1-6H3,(H,46,55)(H,47,56)(H,50,54)/b27-24+/t32?,33?,44-,45-/m1/s1. The number of aryl methyl sites for hydroxylation is 3. The Labute approximate surface area is 330 Å². The summed E-state index contributed by atoms with van der Waals surface area (Å²) in [6, 6.07) is 16.1. The highest BCUT2D eigenvalue weighted by Crippen LogP contribution is 2.48. The molecule has 0 radical (unpaired) electrons. The third-order valence-corrected chi connectivity index (χ3v) is 13.2. The minimum absolute atomic E-state index is 0.0441. The predicted octanol–water partition coefficient (Wildman–Crippen LogP) is 6.61. The van der Waals surface area contributed by atoms with Gasteiger partial charge in [-0.15, -0.1) is 0 Å². The van der Waals surface area contributed by atoms with Gasteiger partial charge in [-0.3, -0.25) is 23.7 Å². The van der Waals surface area contributed by atoms with Crippen molar-refractivity contribution in [3.63, 3.8) is 0 Å². The summed E-state index contributed by atoms with van der Waals surface area (Å²) in [6.45, 7) is 14.6. The smallest absolute Gasteiger partial charge is 0.252 e. The maximum Gasteiger partial charge on any atom is 0.252 e. The molecule has 3 N–H and O–H groups in total. The van der Waals surface area contributed by atoms with Gasteiger partial charge in [0.25, 0.3) is 5.56 Å². The van der Waals surface area contributed by atoms with Crippen LogP contribution in [0, 0.1) is 25.7 Å². The largest absolute Gasteiger partial charge is 0.446 e. The highest BCUT2D eigenvalue weighted by atomic mass is 16.5. The van der Waals surface area contributed by atoms with E-state index in [-0.39, 0.29) is 29.2 Å². The van der Waals surface area contributed by atoms with Gasteiger partial charge in [-0.05, 0) is 120 Å². The van der Waals surface area contributed by atoms with Gasteiger partial charge in [0.2, 0.25) is 17.7 Å². The second-order valence-corrected chi connectivity index (χ2v) is 16.5. The number of nitrogens with one attached hydrogen (secondary N) is 3. The molecule has 3 aliphatic heterocycles. The van der Waals surface area contributed by atoms with Crippen LogP contribution in [0.15, 0.2) is 77.6 Å². The quantitative estimate of drug-likeness (QED) is 0.173. The Morgan fingerprint density at radius 1 is 0.825 bits per heavy atom. The van der Waals surface area contributed by atoms with Gasteiger partial charge in [0, 0.05) is 70.8 Å². The van der Waals surface area contributed by atoms with Crippen LogP contribution in [0.1, 0.15) is 69.2 Å². The third-order valence-electron chi connectivity index (χ3n) is 13.2. The molecule has 2 amide bonds. The minimum atomic E-state index is -0.933. The van der Waals surface area contributed by atoms with E-state index in [0.29, 0.717) is 43.2 Å². The summed E-state index contributed by atoms with van der Waals surface area (Å²) in [5.41, 5.74) is 7.54.